The van der Waals surface area contributed by atoms with Gasteiger partial charge in [0.25, 0.3) is 0 Å². The van der Waals surface area contributed by atoms with Crippen LogP contribution >= 0.6 is 27.5 Å². The Labute approximate surface area is 90.3 Å². The van der Waals surface area contributed by atoms with Crippen LogP contribution in [0.4, 0.5) is 0 Å². The lowest BCUT2D eigenvalue weighted by Crippen LogP contribution is -1.90. The monoisotopic (exact) mass is 264 g/mol. The molecule has 2 nitrogen and oxygen atoms in total. The molecule has 0 bridgehead atoms. The third-order valence-electron chi connectivity index (χ3n) is 1.81. The van der Waals surface area contributed by atoms with Crippen LogP contribution in [0.25, 0.3) is 0 Å². The van der Waals surface area contributed by atoms with Gasteiger partial charge in [-0.05, 0) is 33.5 Å². The third kappa shape index (κ3) is 1.92. The van der Waals surface area contributed by atoms with E-state index in [9.17, 15) is 10.2 Å². The van der Waals surface area contributed by atoms with Gasteiger partial charge in [-0.2, -0.15) is 0 Å². The van der Waals surface area contributed by atoms with Gasteiger partial charge in [0, 0.05) is 0 Å². The number of aromatic hydroxyl groups is 2. The van der Waals surface area contributed by atoms with E-state index >= 15 is 0 Å². The van der Waals surface area contributed by atoms with Crippen molar-refractivity contribution < 1.29 is 10.2 Å². The van der Waals surface area contributed by atoms with Crippen LogP contribution in [0.1, 0.15) is 25.3 Å². The first-order valence-corrected chi connectivity index (χ1v) is 5.02. The Morgan fingerprint density at radius 3 is 2.38 bits per heavy atom. The maximum atomic E-state index is 9.32. The fourth-order valence-corrected chi connectivity index (χ4v) is 1.84. The van der Waals surface area contributed by atoms with Gasteiger partial charge in [-0.15, -0.1) is 0 Å². The van der Waals surface area contributed by atoms with E-state index in [4.69, 9.17) is 11.6 Å². The van der Waals surface area contributed by atoms with Crippen LogP contribution in [-0.4, -0.2) is 10.2 Å². The van der Waals surface area contributed by atoms with Gasteiger partial charge in [-0.1, -0.05) is 25.4 Å². The Hall–Kier alpha value is -0.410. The van der Waals surface area contributed by atoms with Crippen LogP contribution in [0.3, 0.4) is 0 Å². The fourth-order valence-electron chi connectivity index (χ4n) is 1.04. The molecule has 0 fully saturated rings. The molecule has 1 aromatic rings. The molecule has 0 saturated heterocycles. The summed E-state index contributed by atoms with van der Waals surface area (Å²) in [4.78, 5) is 0. The zero-order valence-corrected chi connectivity index (χ0v) is 9.65. The van der Waals surface area contributed by atoms with E-state index in [0.717, 1.165) is 5.56 Å². The molecular weight excluding hydrogens is 255 g/mol. The fraction of sp³-hybridized carbons (Fsp3) is 0.333. The van der Waals surface area contributed by atoms with E-state index in [1.807, 2.05) is 13.8 Å². The Bertz CT molecular complexity index is 337. The lowest BCUT2D eigenvalue weighted by molar-refractivity contribution is 0.400. The molecule has 0 aliphatic rings. The van der Waals surface area contributed by atoms with Gasteiger partial charge in [0.15, 0.2) is 11.5 Å². The number of phenols is 2. The predicted molar refractivity (Wildman–Crippen MR) is 56.6 cm³/mol. The van der Waals surface area contributed by atoms with Crippen molar-refractivity contribution in [2.45, 2.75) is 19.8 Å². The summed E-state index contributed by atoms with van der Waals surface area (Å²) < 4.78 is 0.345. The SMILES string of the molecule is CC(C)c1cc(O)c(O)c(Br)c1Cl. The minimum absolute atomic E-state index is 0.153. The van der Waals surface area contributed by atoms with Gasteiger partial charge in [0.2, 0.25) is 0 Å². The molecule has 0 aromatic heterocycles. The second-order valence-corrected chi connectivity index (χ2v) is 4.29. The molecule has 0 saturated carbocycles. The standard InChI is InChI=1S/C9H10BrClO2/c1-4(2)5-3-6(12)9(13)7(10)8(5)11/h3-4,12-13H,1-2H3. The highest BCUT2D eigenvalue weighted by molar-refractivity contribution is 9.10. The molecule has 0 radical (unpaired) electrons. The van der Waals surface area contributed by atoms with Crippen molar-refractivity contribution in [2.75, 3.05) is 0 Å². The molecule has 0 spiro atoms. The summed E-state index contributed by atoms with van der Waals surface area (Å²) in [5, 5.41) is 19.1. The summed E-state index contributed by atoms with van der Waals surface area (Å²) in [5.41, 5.74) is 0.809. The second-order valence-electron chi connectivity index (χ2n) is 3.12. The molecule has 13 heavy (non-hydrogen) atoms. The molecular formula is C9H10BrClO2. The highest BCUT2D eigenvalue weighted by Crippen LogP contribution is 2.42. The minimum atomic E-state index is -0.214. The number of phenolic OH excluding ortho intramolecular Hbond substituents is 2. The molecule has 4 heteroatoms. The van der Waals surface area contributed by atoms with Gasteiger partial charge < -0.3 is 10.2 Å². The first-order chi connectivity index (χ1) is 5.95. The van der Waals surface area contributed by atoms with E-state index in [2.05, 4.69) is 15.9 Å². The van der Waals surface area contributed by atoms with Crippen LogP contribution in [-0.2, 0) is 0 Å². The average Bonchev–Trinajstić information content (AvgIpc) is 2.07. The molecule has 0 atom stereocenters. The quantitative estimate of drug-likeness (QED) is 0.761. The largest absolute Gasteiger partial charge is 0.504 e. The van der Waals surface area contributed by atoms with Crippen LogP contribution < -0.4 is 0 Å². The van der Waals surface area contributed by atoms with E-state index < -0.39 is 0 Å². The van der Waals surface area contributed by atoms with Crippen LogP contribution in [0.5, 0.6) is 11.5 Å². The molecule has 2 N–H and O–H groups in total. The molecule has 0 aliphatic heterocycles. The third-order valence-corrected chi connectivity index (χ3v) is 3.22. The van der Waals surface area contributed by atoms with Gasteiger partial charge in [0.05, 0.1) is 9.50 Å². The van der Waals surface area contributed by atoms with Crippen molar-refractivity contribution in [3.63, 3.8) is 0 Å². The summed E-state index contributed by atoms with van der Waals surface area (Å²) in [6, 6.07) is 1.48. The summed E-state index contributed by atoms with van der Waals surface area (Å²) >= 11 is 9.05. The lowest BCUT2D eigenvalue weighted by atomic mass is 10.0. The second kappa shape index (κ2) is 3.76. The summed E-state index contributed by atoms with van der Waals surface area (Å²) in [6.45, 7) is 3.92. The highest BCUT2D eigenvalue weighted by Gasteiger charge is 2.15. The van der Waals surface area contributed by atoms with Crippen molar-refractivity contribution in [1.29, 1.82) is 0 Å². The van der Waals surface area contributed by atoms with Gasteiger partial charge in [-0.25, -0.2) is 0 Å². The summed E-state index contributed by atoms with van der Waals surface area (Å²) in [5.74, 6) is -0.162. The van der Waals surface area contributed by atoms with E-state index in [0.29, 0.717) is 9.50 Å². The van der Waals surface area contributed by atoms with Crippen molar-refractivity contribution in [1.82, 2.24) is 0 Å². The normalized spacial score (nSPS) is 10.8. The van der Waals surface area contributed by atoms with E-state index in [1.165, 1.54) is 6.07 Å². The van der Waals surface area contributed by atoms with Crippen molar-refractivity contribution in [3.05, 3.63) is 21.1 Å². The molecule has 0 heterocycles. The minimum Gasteiger partial charge on any atom is -0.504 e. The van der Waals surface area contributed by atoms with Gasteiger partial charge in [-0.3, -0.25) is 0 Å². The molecule has 0 amide bonds. The predicted octanol–water partition coefficient (Wildman–Crippen LogP) is 3.64. The van der Waals surface area contributed by atoms with Crippen molar-refractivity contribution >= 4 is 27.5 Å². The molecule has 0 unspecified atom stereocenters. The lowest BCUT2D eigenvalue weighted by Gasteiger charge is -2.11. The Morgan fingerprint density at radius 1 is 1.38 bits per heavy atom. The molecule has 0 aliphatic carbocycles. The maximum absolute atomic E-state index is 9.32. The van der Waals surface area contributed by atoms with Crippen LogP contribution in [0, 0.1) is 0 Å². The van der Waals surface area contributed by atoms with Gasteiger partial charge in [0.1, 0.15) is 0 Å². The first-order valence-electron chi connectivity index (χ1n) is 3.85. The zero-order valence-electron chi connectivity index (χ0n) is 7.31. The van der Waals surface area contributed by atoms with E-state index in [1.54, 1.807) is 0 Å². The number of rotatable bonds is 1. The highest BCUT2D eigenvalue weighted by atomic mass is 79.9. The van der Waals surface area contributed by atoms with Crippen LogP contribution in [0.2, 0.25) is 5.02 Å². The number of halogens is 2. The maximum Gasteiger partial charge on any atom is 0.173 e. The summed E-state index contributed by atoms with van der Waals surface area (Å²) in [6.07, 6.45) is 0. The Balaban J connectivity index is 3.41. The Morgan fingerprint density at radius 2 is 1.92 bits per heavy atom. The van der Waals surface area contributed by atoms with Crippen LogP contribution in [0.15, 0.2) is 10.5 Å². The number of hydrogen-bond acceptors (Lipinski definition) is 2. The van der Waals surface area contributed by atoms with Crippen molar-refractivity contribution in [2.24, 2.45) is 0 Å². The molecule has 1 rings (SSSR count). The molecule has 1 aromatic carbocycles. The zero-order chi connectivity index (χ0) is 10.2. The average molecular weight is 266 g/mol. The molecule has 72 valence electrons. The number of benzene rings is 1. The van der Waals surface area contributed by atoms with Crippen molar-refractivity contribution in [3.8, 4) is 11.5 Å². The summed E-state index contributed by atoms with van der Waals surface area (Å²) in [7, 11) is 0. The Kier molecular flexibility index (Phi) is 3.09. The smallest absolute Gasteiger partial charge is 0.173 e. The van der Waals surface area contributed by atoms with Gasteiger partial charge >= 0.3 is 0 Å². The van der Waals surface area contributed by atoms with E-state index in [-0.39, 0.29) is 17.4 Å². The topological polar surface area (TPSA) is 40.5 Å². The first kappa shape index (κ1) is 10.7. The number of hydrogen-bond donors (Lipinski definition) is 2.